The van der Waals surface area contributed by atoms with Crippen LogP contribution in [-0.2, 0) is 21.4 Å². The van der Waals surface area contributed by atoms with Crippen molar-refractivity contribution in [3.05, 3.63) is 35.4 Å². The molecule has 1 heterocycles. The van der Waals surface area contributed by atoms with Gasteiger partial charge < -0.3 is 4.90 Å². The Bertz CT molecular complexity index is 639. The second-order valence-corrected chi connectivity index (χ2v) is 7.35. The number of likely N-dealkylation sites (tertiary alicyclic amines) is 1. The van der Waals surface area contributed by atoms with E-state index in [1.165, 1.54) is 5.56 Å². The summed E-state index contributed by atoms with van der Waals surface area (Å²) in [7, 11) is 0. The van der Waals surface area contributed by atoms with Crippen LogP contribution < -0.4 is 0 Å². The summed E-state index contributed by atoms with van der Waals surface area (Å²) in [5.74, 6) is 0.0667. The third-order valence-corrected chi connectivity index (χ3v) is 5.99. The fraction of sp³-hybridized carbons (Fsp3) is 0.619. The van der Waals surface area contributed by atoms with Crippen LogP contribution in [0, 0.1) is 0 Å². The molecule has 1 aromatic rings. The van der Waals surface area contributed by atoms with Crippen molar-refractivity contribution in [1.29, 1.82) is 0 Å². The maximum absolute atomic E-state index is 13.2. The average molecular weight is 342 g/mol. The van der Waals surface area contributed by atoms with Crippen LogP contribution in [-0.4, -0.2) is 47.8 Å². The Morgan fingerprint density at radius 3 is 2.64 bits per heavy atom. The Morgan fingerprint density at radius 1 is 1.12 bits per heavy atom. The van der Waals surface area contributed by atoms with Gasteiger partial charge in [0, 0.05) is 13.0 Å². The number of rotatable bonds is 7. The number of unbranched alkanes of at least 4 members (excludes halogenated alkanes) is 1. The molecule has 0 N–H and O–H groups in total. The molecular formula is C21H30N2O2. The number of fused-ring (bicyclic) bond motifs is 2. The number of benzene rings is 1. The fourth-order valence-corrected chi connectivity index (χ4v) is 4.50. The van der Waals surface area contributed by atoms with Gasteiger partial charge in [-0.15, -0.1) is 0 Å². The molecule has 0 saturated carbocycles. The molecule has 1 fully saturated rings. The van der Waals surface area contributed by atoms with E-state index < -0.39 is 5.41 Å². The van der Waals surface area contributed by atoms with Crippen LogP contribution in [0.2, 0.25) is 0 Å². The lowest BCUT2D eigenvalue weighted by atomic mass is 9.69. The zero-order valence-corrected chi connectivity index (χ0v) is 15.6. The van der Waals surface area contributed by atoms with E-state index >= 15 is 0 Å². The molecular weight excluding hydrogens is 312 g/mol. The normalized spacial score (nSPS) is 22.9. The maximum Gasteiger partial charge on any atom is 0.240 e. The molecule has 1 spiro atoms. The predicted molar refractivity (Wildman–Crippen MR) is 99.4 cm³/mol. The number of amides is 2. The van der Waals surface area contributed by atoms with Gasteiger partial charge in [0.1, 0.15) is 0 Å². The van der Waals surface area contributed by atoms with Crippen LogP contribution in [0.15, 0.2) is 24.3 Å². The van der Waals surface area contributed by atoms with Crippen molar-refractivity contribution in [2.24, 2.45) is 0 Å². The highest BCUT2D eigenvalue weighted by atomic mass is 16.2. The number of carbonyl (C=O) groups excluding carboxylic acids is 2. The molecule has 2 aliphatic rings. The van der Waals surface area contributed by atoms with Crippen LogP contribution in [0.25, 0.3) is 0 Å². The predicted octanol–water partition coefficient (Wildman–Crippen LogP) is 3.14. The largest absolute Gasteiger partial charge is 0.304 e. The lowest BCUT2D eigenvalue weighted by molar-refractivity contribution is -0.140. The van der Waals surface area contributed by atoms with Crippen molar-refractivity contribution >= 4 is 11.8 Å². The Balaban J connectivity index is 1.67. The van der Waals surface area contributed by atoms with Gasteiger partial charge in [-0.25, -0.2) is 0 Å². The van der Waals surface area contributed by atoms with Gasteiger partial charge in [-0.2, -0.15) is 0 Å². The summed E-state index contributed by atoms with van der Waals surface area (Å²) in [4.78, 5) is 29.7. The summed E-state index contributed by atoms with van der Waals surface area (Å²) in [5, 5.41) is 0. The molecule has 1 saturated heterocycles. The van der Waals surface area contributed by atoms with E-state index in [1.807, 2.05) is 12.1 Å². The molecule has 136 valence electrons. The Labute approximate surface area is 151 Å². The average Bonchev–Trinajstić information content (AvgIpc) is 2.87. The highest BCUT2D eigenvalue weighted by molar-refractivity contribution is 6.09. The molecule has 0 aromatic heterocycles. The molecule has 25 heavy (non-hydrogen) atoms. The summed E-state index contributed by atoms with van der Waals surface area (Å²) in [6.45, 7) is 8.05. The molecule has 1 aliphatic heterocycles. The molecule has 0 radical (unpaired) electrons. The summed E-state index contributed by atoms with van der Waals surface area (Å²) in [6, 6.07) is 8.20. The molecule has 4 heteroatoms. The minimum absolute atomic E-state index is 0.0181. The van der Waals surface area contributed by atoms with E-state index in [1.54, 1.807) is 4.90 Å². The summed E-state index contributed by atoms with van der Waals surface area (Å²) in [6.07, 6.45) is 5.10. The topological polar surface area (TPSA) is 40.6 Å². The lowest BCUT2D eigenvalue weighted by Gasteiger charge is -2.33. The van der Waals surface area contributed by atoms with Crippen LogP contribution in [0.5, 0.6) is 0 Å². The van der Waals surface area contributed by atoms with E-state index in [4.69, 9.17) is 0 Å². The third kappa shape index (κ3) is 3.37. The van der Waals surface area contributed by atoms with Crippen LogP contribution in [0.4, 0.5) is 0 Å². The highest BCUT2D eigenvalue weighted by Crippen LogP contribution is 2.45. The minimum atomic E-state index is -0.579. The zero-order valence-electron chi connectivity index (χ0n) is 15.6. The molecule has 3 rings (SSSR count). The van der Waals surface area contributed by atoms with Gasteiger partial charge in [0.25, 0.3) is 0 Å². The van der Waals surface area contributed by atoms with Crippen LogP contribution in [0.3, 0.4) is 0 Å². The van der Waals surface area contributed by atoms with E-state index in [9.17, 15) is 9.59 Å². The first-order chi connectivity index (χ1) is 12.1. The number of carbonyl (C=O) groups is 2. The van der Waals surface area contributed by atoms with Gasteiger partial charge in [-0.3, -0.25) is 14.5 Å². The summed E-state index contributed by atoms with van der Waals surface area (Å²) < 4.78 is 0. The number of hydrogen-bond acceptors (Lipinski definition) is 3. The van der Waals surface area contributed by atoms with Crippen LogP contribution >= 0.6 is 0 Å². The summed E-state index contributed by atoms with van der Waals surface area (Å²) >= 11 is 0. The second kappa shape index (κ2) is 7.69. The fourth-order valence-electron chi connectivity index (χ4n) is 4.50. The number of aryl methyl sites for hydroxylation is 1. The highest BCUT2D eigenvalue weighted by Gasteiger charge is 2.53. The SMILES string of the molecule is CCN(CC)CCCCN1C(=O)CC2(CCCc3ccccc32)C1=O. The standard InChI is InChI=1S/C21H30N2O2/c1-3-22(4-2)14-7-8-15-23-19(24)16-21(20(23)25)13-9-11-17-10-5-6-12-18(17)21/h5-6,10,12H,3-4,7-9,11,13-16H2,1-2H3. The smallest absolute Gasteiger partial charge is 0.240 e. The second-order valence-electron chi connectivity index (χ2n) is 7.35. The van der Waals surface area contributed by atoms with Gasteiger partial charge in [-0.05, 0) is 62.9 Å². The quantitative estimate of drug-likeness (QED) is 0.565. The molecule has 1 aromatic carbocycles. The molecule has 1 unspecified atom stereocenters. The first-order valence-electron chi connectivity index (χ1n) is 9.78. The number of imide groups is 1. The van der Waals surface area contributed by atoms with Crippen molar-refractivity contribution in [2.45, 2.75) is 57.8 Å². The van der Waals surface area contributed by atoms with E-state index in [0.29, 0.717) is 13.0 Å². The van der Waals surface area contributed by atoms with E-state index in [-0.39, 0.29) is 11.8 Å². The van der Waals surface area contributed by atoms with Gasteiger partial charge >= 0.3 is 0 Å². The molecule has 4 nitrogen and oxygen atoms in total. The van der Waals surface area contributed by atoms with Crippen molar-refractivity contribution < 1.29 is 9.59 Å². The van der Waals surface area contributed by atoms with Gasteiger partial charge in [0.2, 0.25) is 11.8 Å². The number of nitrogens with zero attached hydrogens (tertiary/aromatic N) is 2. The van der Waals surface area contributed by atoms with Crippen molar-refractivity contribution in [2.75, 3.05) is 26.2 Å². The molecule has 0 bridgehead atoms. The van der Waals surface area contributed by atoms with Crippen molar-refractivity contribution in [1.82, 2.24) is 9.80 Å². The Hall–Kier alpha value is -1.68. The monoisotopic (exact) mass is 342 g/mol. The van der Waals surface area contributed by atoms with Gasteiger partial charge in [0.05, 0.1) is 5.41 Å². The van der Waals surface area contributed by atoms with E-state index in [0.717, 1.165) is 57.3 Å². The van der Waals surface area contributed by atoms with Gasteiger partial charge in [0.15, 0.2) is 0 Å². The Kier molecular flexibility index (Phi) is 5.57. The van der Waals surface area contributed by atoms with Crippen molar-refractivity contribution in [3.8, 4) is 0 Å². The summed E-state index contributed by atoms with van der Waals surface area (Å²) in [5.41, 5.74) is 1.77. The van der Waals surface area contributed by atoms with Gasteiger partial charge in [-0.1, -0.05) is 38.1 Å². The first kappa shape index (κ1) is 18.1. The zero-order chi connectivity index (χ0) is 17.9. The number of hydrogen-bond donors (Lipinski definition) is 0. The van der Waals surface area contributed by atoms with E-state index in [2.05, 4.69) is 30.9 Å². The maximum atomic E-state index is 13.2. The first-order valence-corrected chi connectivity index (χ1v) is 9.78. The molecule has 1 atom stereocenters. The Morgan fingerprint density at radius 2 is 1.88 bits per heavy atom. The third-order valence-electron chi connectivity index (χ3n) is 5.99. The van der Waals surface area contributed by atoms with Crippen LogP contribution in [0.1, 0.15) is 57.1 Å². The molecule has 2 amide bonds. The molecule has 1 aliphatic carbocycles. The lowest BCUT2D eigenvalue weighted by Crippen LogP contribution is -2.41. The van der Waals surface area contributed by atoms with Crippen molar-refractivity contribution in [3.63, 3.8) is 0 Å². The minimum Gasteiger partial charge on any atom is -0.304 e.